The smallest absolute Gasteiger partial charge is 0.366 e. The minimum absolute atomic E-state index is 0.151. The van der Waals surface area contributed by atoms with Crippen LogP contribution in [0.2, 0.25) is 0 Å². The molecule has 4 rings (SSSR count). The number of carbonyl (C=O) groups excluding carboxylic acids is 2. The van der Waals surface area contributed by atoms with E-state index in [9.17, 15) is 22.8 Å². The normalized spacial score (nSPS) is 36.8. The number of rotatable bonds is 2. The predicted molar refractivity (Wildman–Crippen MR) is 91.0 cm³/mol. The Morgan fingerprint density at radius 1 is 1.25 bits per heavy atom. The van der Waals surface area contributed by atoms with Gasteiger partial charge in [0.05, 0.1) is 45.9 Å². The van der Waals surface area contributed by atoms with Crippen LogP contribution in [-0.2, 0) is 20.5 Å². The molecule has 5 atom stereocenters. The predicted octanol–water partition coefficient (Wildman–Crippen LogP) is 2.22. The summed E-state index contributed by atoms with van der Waals surface area (Å²) in [6.45, 7) is 3.53. The maximum atomic E-state index is 13.3. The summed E-state index contributed by atoms with van der Waals surface area (Å²) in [5.41, 5.74) is -3.70. The molecule has 3 heterocycles. The van der Waals surface area contributed by atoms with E-state index in [-0.39, 0.29) is 11.7 Å². The fourth-order valence-corrected chi connectivity index (χ4v) is 5.20. The summed E-state index contributed by atoms with van der Waals surface area (Å²) in [5.74, 6) is -2.66. The van der Waals surface area contributed by atoms with Gasteiger partial charge < -0.3 is 10.1 Å². The Balaban J connectivity index is 1.80. The number of benzene rings is 1. The van der Waals surface area contributed by atoms with Gasteiger partial charge in [0, 0.05) is 6.04 Å². The van der Waals surface area contributed by atoms with Crippen molar-refractivity contribution in [1.29, 1.82) is 5.26 Å². The van der Waals surface area contributed by atoms with E-state index in [0.717, 1.165) is 11.0 Å². The summed E-state index contributed by atoms with van der Waals surface area (Å²) < 4.78 is 46.0. The summed E-state index contributed by atoms with van der Waals surface area (Å²) >= 11 is 0. The number of carbonyl (C=O) groups is 2. The molecule has 0 radical (unpaired) electrons. The van der Waals surface area contributed by atoms with Crippen molar-refractivity contribution in [2.45, 2.75) is 43.7 Å². The molecule has 0 spiro atoms. The summed E-state index contributed by atoms with van der Waals surface area (Å²) in [6, 6.07) is 4.22. The molecule has 9 heteroatoms. The van der Waals surface area contributed by atoms with Crippen LogP contribution in [0.25, 0.3) is 0 Å². The van der Waals surface area contributed by atoms with Gasteiger partial charge in [-0.3, -0.25) is 9.59 Å². The van der Waals surface area contributed by atoms with Gasteiger partial charge in [0.25, 0.3) is 0 Å². The summed E-state index contributed by atoms with van der Waals surface area (Å²) in [5, 5.41) is 12.1. The zero-order valence-corrected chi connectivity index (χ0v) is 15.4. The second-order valence-electron chi connectivity index (χ2n) is 7.95. The van der Waals surface area contributed by atoms with Crippen LogP contribution in [0.3, 0.4) is 0 Å². The molecule has 1 N–H and O–H groups in total. The number of hydrogen-bond donors (Lipinski definition) is 1. The highest BCUT2D eigenvalue weighted by atomic mass is 19.4. The first-order chi connectivity index (χ1) is 13.0. The van der Waals surface area contributed by atoms with Gasteiger partial charge in [0.2, 0.25) is 11.8 Å². The Morgan fingerprint density at radius 2 is 1.89 bits per heavy atom. The molecule has 0 saturated carbocycles. The lowest BCUT2D eigenvalue weighted by Gasteiger charge is -2.35. The van der Waals surface area contributed by atoms with Gasteiger partial charge in [0.15, 0.2) is 0 Å². The molecule has 0 unspecified atom stereocenters. The van der Waals surface area contributed by atoms with Gasteiger partial charge in [0.1, 0.15) is 0 Å². The van der Waals surface area contributed by atoms with Crippen molar-refractivity contribution in [2.75, 3.05) is 11.9 Å². The largest absolute Gasteiger partial charge is 0.417 e. The molecule has 2 amide bonds. The van der Waals surface area contributed by atoms with Crippen molar-refractivity contribution in [1.82, 2.24) is 5.32 Å². The number of hydrogen-bond acceptors (Lipinski definition) is 5. The number of imide groups is 1. The highest BCUT2D eigenvalue weighted by Gasteiger charge is 2.75. The van der Waals surface area contributed by atoms with E-state index in [0.29, 0.717) is 12.5 Å². The lowest BCUT2D eigenvalue weighted by atomic mass is 9.66. The number of nitriles is 1. The molecule has 1 aromatic rings. The summed E-state index contributed by atoms with van der Waals surface area (Å²) in [6.07, 6.45) is -4.25. The van der Waals surface area contributed by atoms with Crippen LogP contribution in [-0.4, -0.2) is 36.1 Å². The Kier molecular flexibility index (Phi) is 3.75. The van der Waals surface area contributed by atoms with E-state index < -0.39 is 52.2 Å². The van der Waals surface area contributed by atoms with Crippen molar-refractivity contribution in [3.8, 4) is 6.07 Å². The SMILES string of the molecule is CN[C@H]1C[C@]2(C)O[C@@]1(C)[C@H]1C(=O)N(c3ccc(C#N)c(C(F)(F)F)c3)C(=O)[C@H]12. The van der Waals surface area contributed by atoms with Crippen LogP contribution >= 0.6 is 0 Å². The molecule has 0 aromatic heterocycles. The first-order valence-electron chi connectivity index (χ1n) is 8.84. The third-order valence-electron chi connectivity index (χ3n) is 6.37. The van der Waals surface area contributed by atoms with E-state index in [4.69, 9.17) is 10.00 Å². The van der Waals surface area contributed by atoms with Gasteiger partial charge in [-0.1, -0.05) is 0 Å². The Bertz CT molecular complexity index is 941. The zero-order chi connectivity index (χ0) is 20.6. The highest BCUT2D eigenvalue weighted by Crippen LogP contribution is 2.61. The highest BCUT2D eigenvalue weighted by molar-refractivity contribution is 6.23. The van der Waals surface area contributed by atoms with E-state index in [1.54, 1.807) is 20.9 Å². The average Bonchev–Trinajstić information content (AvgIpc) is 3.14. The quantitative estimate of drug-likeness (QED) is 0.780. The molecule has 0 aliphatic carbocycles. The lowest BCUT2D eigenvalue weighted by Crippen LogP contribution is -2.54. The number of halogens is 3. The van der Waals surface area contributed by atoms with Gasteiger partial charge in [-0.2, -0.15) is 18.4 Å². The van der Waals surface area contributed by atoms with Gasteiger partial charge in [-0.25, -0.2) is 4.90 Å². The zero-order valence-electron chi connectivity index (χ0n) is 15.4. The van der Waals surface area contributed by atoms with Crippen LogP contribution < -0.4 is 10.2 Å². The first kappa shape index (κ1) is 18.9. The third-order valence-corrected chi connectivity index (χ3v) is 6.37. The van der Waals surface area contributed by atoms with E-state index in [2.05, 4.69) is 5.32 Å². The van der Waals surface area contributed by atoms with Crippen molar-refractivity contribution in [3.05, 3.63) is 29.3 Å². The van der Waals surface area contributed by atoms with Crippen LogP contribution in [0.5, 0.6) is 0 Å². The standard InChI is InChI=1S/C19H18F3N3O3/c1-17-7-12(24-3)18(2,28-17)14-13(17)15(26)25(16(14)27)10-5-4-9(8-23)11(6-10)19(20,21)22/h4-6,12-14,24H,7H2,1-3H3/t12-,13-,14+,17-,18+/m0/s1. The maximum Gasteiger partial charge on any atom is 0.417 e. The molecule has 3 aliphatic rings. The number of amides is 2. The number of nitrogens with one attached hydrogen (secondary N) is 1. The Hall–Kier alpha value is -2.44. The van der Waals surface area contributed by atoms with Gasteiger partial charge >= 0.3 is 6.18 Å². The van der Waals surface area contributed by atoms with Crippen molar-refractivity contribution in [2.24, 2.45) is 11.8 Å². The summed E-state index contributed by atoms with van der Waals surface area (Å²) in [4.78, 5) is 27.1. The van der Waals surface area contributed by atoms with Crippen LogP contribution in [0.15, 0.2) is 18.2 Å². The number of anilines is 1. The minimum Gasteiger partial charge on any atom is -0.366 e. The topological polar surface area (TPSA) is 82.4 Å². The molecule has 3 fully saturated rings. The number of alkyl halides is 3. The average molecular weight is 393 g/mol. The Labute approximate surface area is 159 Å². The lowest BCUT2D eigenvalue weighted by molar-refractivity contribution is -0.138. The molecule has 6 nitrogen and oxygen atoms in total. The van der Waals surface area contributed by atoms with Crippen LogP contribution in [0.4, 0.5) is 18.9 Å². The number of ether oxygens (including phenoxy) is 1. The molecular formula is C19H18F3N3O3. The number of fused-ring (bicyclic) bond motifs is 5. The second-order valence-corrected chi connectivity index (χ2v) is 7.95. The molecule has 148 valence electrons. The van der Waals surface area contributed by atoms with E-state index in [1.165, 1.54) is 12.1 Å². The van der Waals surface area contributed by atoms with Gasteiger partial charge in [-0.05, 0) is 45.5 Å². The molecule has 2 bridgehead atoms. The fraction of sp³-hybridized carbons (Fsp3) is 0.526. The van der Waals surface area contributed by atoms with Crippen molar-refractivity contribution in [3.63, 3.8) is 0 Å². The van der Waals surface area contributed by atoms with E-state index in [1.807, 2.05) is 0 Å². The maximum absolute atomic E-state index is 13.3. The molecular weight excluding hydrogens is 375 g/mol. The third kappa shape index (κ3) is 2.22. The molecule has 28 heavy (non-hydrogen) atoms. The summed E-state index contributed by atoms with van der Waals surface area (Å²) in [7, 11) is 1.74. The number of nitrogens with zero attached hydrogens (tertiary/aromatic N) is 2. The minimum atomic E-state index is -4.78. The fourth-order valence-electron chi connectivity index (χ4n) is 5.20. The van der Waals surface area contributed by atoms with Crippen LogP contribution in [0, 0.1) is 23.2 Å². The second kappa shape index (κ2) is 5.55. The van der Waals surface area contributed by atoms with Crippen molar-refractivity contribution < 1.29 is 27.5 Å². The van der Waals surface area contributed by atoms with Crippen LogP contribution in [0.1, 0.15) is 31.4 Å². The monoisotopic (exact) mass is 393 g/mol. The Morgan fingerprint density at radius 3 is 2.46 bits per heavy atom. The molecule has 3 saturated heterocycles. The molecule has 1 aromatic carbocycles. The van der Waals surface area contributed by atoms with E-state index >= 15 is 0 Å². The van der Waals surface area contributed by atoms with Gasteiger partial charge in [-0.15, -0.1) is 0 Å². The molecule has 3 aliphatic heterocycles. The number of likely N-dealkylation sites (N-methyl/N-ethyl adjacent to an activating group) is 1. The first-order valence-corrected chi connectivity index (χ1v) is 8.84. The van der Waals surface area contributed by atoms with Crippen molar-refractivity contribution >= 4 is 17.5 Å².